The predicted molar refractivity (Wildman–Crippen MR) is 163 cm³/mol. The Balaban J connectivity index is 1.42. The van der Waals surface area contributed by atoms with Crippen molar-refractivity contribution in [3.05, 3.63) is 77.9 Å². The summed E-state index contributed by atoms with van der Waals surface area (Å²) in [7, 11) is 0. The molecule has 0 saturated carbocycles. The van der Waals surface area contributed by atoms with E-state index in [2.05, 4.69) is 26.6 Å². The van der Waals surface area contributed by atoms with Crippen molar-refractivity contribution in [1.82, 2.24) is 26.6 Å². The van der Waals surface area contributed by atoms with Gasteiger partial charge in [0.15, 0.2) is 5.78 Å². The maximum atomic E-state index is 12.8. The van der Waals surface area contributed by atoms with Crippen LogP contribution in [0.15, 0.2) is 66.7 Å². The standard InChI is InChI=1S/C31H34N6O9/c1-20(38)18-46-19-35-27(41)16-34-31(45)24(13-21-5-3-2-4-6-21)36-28(42)17-33-26(40)15-32-25(39)14-22-7-9-23(10-8-22)37-29(43)11-12-30(37)44/h2-12,24H,13-19H2,1H3,(H,32,39)(H,33,40)(H,34,45)(H,35,41)(H,36,42)/t24-/m0/s1. The van der Waals surface area contributed by atoms with E-state index in [1.54, 1.807) is 42.5 Å². The predicted octanol–water partition coefficient (Wildman–Crippen LogP) is -1.59. The number of rotatable bonds is 17. The van der Waals surface area contributed by atoms with Gasteiger partial charge in [-0.3, -0.25) is 38.4 Å². The van der Waals surface area contributed by atoms with Crippen LogP contribution < -0.4 is 31.5 Å². The second-order valence-corrected chi connectivity index (χ2v) is 10.1. The number of nitrogens with one attached hydrogen (secondary N) is 5. The highest BCUT2D eigenvalue weighted by Crippen LogP contribution is 2.19. The lowest BCUT2D eigenvalue weighted by molar-refractivity contribution is -0.131. The van der Waals surface area contributed by atoms with Gasteiger partial charge in [-0.2, -0.15) is 0 Å². The molecule has 2 aromatic rings. The number of benzene rings is 2. The van der Waals surface area contributed by atoms with Crippen LogP contribution >= 0.6 is 0 Å². The topological polar surface area (TPSA) is 209 Å². The Hall–Kier alpha value is -5.70. The minimum atomic E-state index is -1.07. The molecule has 0 fully saturated rings. The zero-order valence-corrected chi connectivity index (χ0v) is 25.0. The molecule has 0 saturated heterocycles. The van der Waals surface area contributed by atoms with Crippen molar-refractivity contribution in [3.8, 4) is 0 Å². The molecule has 15 heteroatoms. The normalized spacial score (nSPS) is 12.7. The molecule has 0 bridgehead atoms. The molecule has 1 aliphatic heterocycles. The smallest absolute Gasteiger partial charge is 0.258 e. The highest BCUT2D eigenvalue weighted by atomic mass is 16.5. The number of nitrogens with zero attached hydrogens (tertiary/aromatic N) is 1. The number of anilines is 1. The summed E-state index contributed by atoms with van der Waals surface area (Å²) in [6.07, 6.45) is 2.36. The van der Waals surface area contributed by atoms with Crippen molar-refractivity contribution in [2.45, 2.75) is 25.8 Å². The summed E-state index contributed by atoms with van der Waals surface area (Å²) in [5.41, 5.74) is 1.68. The number of carbonyl (C=O) groups is 8. The lowest BCUT2D eigenvalue weighted by Gasteiger charge is -2.19. The van der Waals surface area contributed by atoms with E-state index in [-0.39, 0.29) is 32.0 Å². The summed E-state index contributed by atoms with van der Waals surface area (Å²) >= 11 is 0. The number of ether oxygens (including phenoxy) is 1. The van der Waals surface area contributed by atoms with Gasteiger partial charge in [-0.1, -0.05) is 42.5 Å². The van der Waals surface area contributed by atoms with Crippen molar-refractivity contribution in [1.29, 1.82) is 0 Å². The first-order valence-electron chi connectivity index (χ1n) is 14.1. The third kappa shape index (κ3) is 11.8. The molecule has 0 unspecified atom stereocenters. The Morgan fingerprint density at radius 3 is 1.93 bits per heavy atom. The van der Waals surface area contributed by atoms with Crippen LogP contribution in [0.1, 0.15) is 18.1 Å². The molecule has 46 heavy (non-hydrogen) atoms. The lowest BCUT2D eigenvalue weighted by Crippen LogP contribution is -2.52. The molecule has 1 atom stereocenters. The van der Waals surface area contributed by atoms with Crippen LogP contribution in [0.4, 0.5) is 5.69 Å². The molecule has 2 aromatic carbocycles. The molecule has 1 aliphatic rings. The SMILES string of the molecule is CC(=O)COCNC(=O)CNC(=O)[C@H](Cc1ccccc1)NC(=O)CNC(=O)CNC(=O)Cc1ccc(N2C(=O)C=CC2=O)cc1. The zero-order valence-electron chi connectivity index (χ0n) is 25.0. The summed E-state index contributed by atoms with van der Waals surface area (Å²) in [5, 5.41) is 12.2. The van der Waals surface area contributed by atoms with Gasteiger partial charge < -0.3 is 31.3 Å². The van der Waals surface area contributed by atoms with E-state index >= 15 is 0 Å². The first kappa shape index (κ1) is 34.8. The number of hydrogen-bond acceptors (Lipinski definition) is 9. The third-order valence-electron chi connectivity index (χ3n) is 6.29. The number of Topliss-reactive ketones (excluding diaryl/α,β-unsaturated/α-hetero) is 1. The Morgan fingerprint density at radius 2 is 1.28 bits per heavy atom. The van der Waals surface area contributed by atoms with Crippen LogP contribution in [0.3, 0.4) is 0 Å². The van der Waals surface area contributed by atoms with Gasteiger partial charge >= 0.3 is 0 Å². The molecule has 5 N–H and O–H groups in total. The lowest BCUT2D eigenvalue weighted by atomic mass is 10.1. The molecule has 1 heterocycles. The van der Waals surface area contributed by atoms with Crippen LogP contribution in [0.5, 0.6) is 0 Å². The molecule has 242 valence electrons. The van der Waals surface area contributed by atoms with Crippen LogP contribution in [0, 0.1) is 0 Å². The first-order valence-corrected chi connectivity index (χ1v) is 14.1. The van der Waals surface area contributed by atoms with Gasteiger partial charge in [0.05, 0.1) is 31.7 Å². The maximum Gasteiger partial charge on any atom is 0.258 e. The van der Waals surface area contributed by atoms with Gasteiger partial charge in [-0.15, -0.1) is 0 Å². The Labute approximate surface area is 264 Å². The zero-order chi connectivity index (χ0) is 33.5. The van der Waals surface area contributed by atoms with E-state index in [9.17, 15) is 38.4 Å². The molecular weight excluding hydrogens is 600 g/mol. The Kier molecular flexibility index (Phi) is 13.3. The van der Waals surface area contributed by atoms with Crippen molar-refractivity contribution < 1.29 is 43.1 Å². The number of amides is 7. The molecule has 0 aliphatic carbocycles. The van der Waals surface area contributed by atoms with Crippen molar-refractivity contribution in [3.63, 3.8) is 0 Å². The third-order valence-corrected chi connectivity index (χ3v) is 6.29. The maximum absolute atomic E-state index is 12.8. The molecule has 0 aromatic heterocycles. The summed E-state index contributed by atoms with van der Waals surface area (Å²) in [5.74, 6) is -4.14. The molecular formula is C31H34N6O9. The van der Waals surface area contributed by atoms with E-state index in [1.807, 2.05) is 0 Å². The molecule has 0 radical (unpaired) electrons. The number of imide groups is 1. The van der Waals surface area contributed by atoms with E-state index < -0.39 is 67.0 Å². The van der Waals surface area contributed by atoms with E-state index in [4.69, 9.17) is 4.74 Å². The van der Waals surface area contributed by atoms with Gasteiger partial charge in [0.25, 0.3) is 11.8 Å². The molecule has 7 amide bonds. The fourth-order valence-electron chi connectivity index (χ4n) is 4.07. The van der Waals surface area contributed by atoms with E-state index in [0.29, 0.717) is 11.3 Å². The number of carbonyl (C=O) groups excluding carboxylic acids is 8. The van der Waals surface area contributed by atoms with Crippen molar-refractivity contribution >= 4 is 52.8 Å². The Morgan fingerprint density at radius 1 is 0.696 bits per heavy atom. The minimum absolute atomic E-state index is 0.0755. The largest absolute Gasteiger partial charge is 0.354 e. The number of ketones is 1. The van der Waals surface area contributed by atoms with Gasteiger partial charge in [0.2, 0.25) is 29.5 Å². The summed E-state index contributed by atoms with van der Waals surface area (Å²) in [6.45, 7) is -0.338. The average molecular weight is 635 g/mol. The summed E-state index contributed by atoms with van der Waals surface area (Å²) in [6, 6.07) is 14.0. The van der Waals surface area contributed by atoms with Crippen LogP contribution in [-0.4, -0.2) is 86.1 Å². The first-order chi connectivity index (χ1) is 22.0. The highest BCUT2D eigenvalue weighted by molar-refractivity contribution is 6.28. The van der Waals surface area contributed by atoms with Gasteiger partial charge in [0, 0.05) is 18.6 Å². The monoisotopic (exact) mass is 634 g/mol. The van der Waals surface area contributed by atoms with Crippen LogP contribution in [0.2, 0.25) is 0 Å². The van der Waals surface area contributed by atoms with E-state index in [1.165, 1.54) is 31.2 Å². The molecule has 15 nitrogen and oxygen atoms in total. The second kappa shape index (κ2) is 17.6. The Bertz CT molecular complexity index is 1470. The summed E-state index contributed by atoms with van der Waals surface area (Å²) in [4.78, 5) is 97.5. The number of hydrogen-bond donors (Lipinski definition) is 5. The fourth-order valence-corrected chi connectivity index (χ4v) is 4.07. The van der Waals surface area contributed by atoms with E-state index in [0.717, 1.165) is 10.5 Å². The summed E-state index contributed by atoms with van der Waals surface area (Å²) < 4.78 is 4.95. The molecule has 0 spiro atoms. The second-order valence-electron chi connectivity index (χ2n) is 10.1. The minimum Gasteiger partial charge on any atom is -0.354 e. The average Bonchev–Trinajstić information content (AvgIpc) is 3.37. The van der Waals surface area contributed by atoms with Gasteiger partial charge in [-0.25, -0.2) is 4.90 Å². The highest BCUT2D eigenvalue weighted by Gasteiger charge is 2.25. The van der Waals surface area contributed by atoms with Crippen molar-refractivity contribution in [2.75, 3.05) is 37.9 Å². The quantitative estimate of drug-likeness (QED) is 0.0771. The van der Waals surface area contributed by atoms with Crippen LogP contribution in [0.25, 0.3) is 0 Å². The molecule has 3 rings (SSSR count). The van der Waals surface area contributed by atoms with Crippen LogP contribution in [-0.2, 0) is 55.9 Å². The van der Waals surface area contributed by atoms with Crippen molar-refractivity contribution in [2.24, 2.45) is 0 Å². The fraction of sp³-hybridized carbons (Fsp3) is 0.290. The van der Waals surface area contributed by atoms with Gasteiger partial charge in [-0.05, 0) is 30.2 Å². The van der Waals surface area contributed by atoms with Gasteiger partial charge in [0.1, 0.15) is 19.4 Å².